The van der Waals surface area contributed by atoms with E-state index in [0.29, 0.717) is 22.5 Å². The molecule has 1 aromatic rings. The SMILES string of the molecule is C=C(C)CN=C(N)NCCCc1ccc(Cl)cc1Cl.I. The molecule has 0 bridgehead atoms. The molecular formula is C14H20Cl2IN3. The smallest absolute Gasteiger partial charge is 0.188 e. The van der Waals surface area contributed by atoms with Crippen molar-refractivity contribution in [1.29, 1.82) is 0 Å². The summed E-state index contributed by atoms with van der Waals surface area (Å²) in [7, 11) is 0. The average Bonchev–Trinajstić information content (AvgIpc) is 2.34. The van der Waals surface area contributed by atoms with Crippen molar-refractivity contribution in [2.45, 2.75) is 19.8 Å². The van der Waals surface area contributed by atoms with E-state index in [1.807, 2.05) is 19.1 Å². The molecule has 0 radical (unpaired) electrons. The number of hydrogen-bond acceptors (Lipinski definition) is 1. The zero-order chi connectivity index (χ0) is 14.3. The molecule has 112 valence electrons. The number of hydrogen-bond donors (Lipinski definition) is 2. The van der Waals surface area contributed by atoms with Gasteiger partial charge in [0.1, 0.15) is 0 Å². The molecule has 0 fully saturated rings. The molecule has 0 spiro atoms. The van der Waals surface area contributed by atoms with Crippen LogP contribution in [0.1, 0.15) is 18.9 Å². The Balaban J connectivity index is 0.00000361. The van der Waals surface area contributed by atoms with E-state index in [-0.39, 0.29) is 24.0 Å². The number of nitrogens with two attached hydrogens (primary N) is 1. The van der Waals surface area contributed by atoms with E-state index in [9.17, 15) is 0 Å². The Kier molecular flexibility index (Phi) is 10.1. The van der Waals surface area contributed by atoms with Gasteiger partial charge in [-0.3, -0.25) is 0 Å². The van der Waals surface area contributed by atoms with Crippen molar-refractivity contribution < 1.29 is 0 Å². The molecule has 0 aliphatic heterocycles. The van der Waals surface area contributed by atoms with Crippen molar-refractivity contribution in [2.75, 3.05) is 13.1 Å². The van der Waals surface area contributed by atoms with Gasteiger partial charge in [-0.2, -0.15) is 0 Å². The summed E-state index contributed by atoms with van der Waals surface area (Å²) in [4.78, 5) is 4.14. The summed E-state index contributed by atoms with van der Waals surface area (Å²) in [6.07, 6.45) is 1.79. The Bertz CT molecular complexity index is 475. The van der Waals surface area contributed by atoms with Crippen LogP contribution in [-0.4, -0.2) is 19.0 Å². The lowest BCUT2D eigenvalue weighted by molar-refractivity contribution is 0.767. The van der Waals surface area contributed by atoms with Gasteiger partial charge in [0.25, 0.3) is 0 Å². The van der Waals surface area contributed by atoms with Crippen molar-refractivity contribution in [1.82, 2.24) is 5.32 Å². The van der Waals surface area contributed by atoms with Gasteiger partial charge < -0.3 is 11.1 Å². The van der Waals surface area contributed by atoms with Crippen molar-refractivity contribution >= 4 is 53.1 Å². The van der Waals surface area contributed by atoms with Crippen LogP contribution in [0.2, 0.25) is 10.0 Å². The Morgan fingerprint density at radius 1 is 1.40 bits per heavy atom. The fourth-order valence-corrected chi connectivity index (χ4v) is 2.00. The van der Waals surface area contributed by atoms with E-state index < -0.39 is 0 Å². The molecule has 0 heterocycles. The van der Waals surface area contributed by atoms with Gasteiger partial charge in [-0.15, -0.1) is 24.0 Å². The summed E-state index contributed by atoms with van der Waals surface area (Å²) in [5.41, 5.74) is 7.78. The highest BCUT2D eigenvalue weighted by molar-refractivity contribution is 14.0. The van der Waals surface area contributed by atoms with Crippen LogP contribution in [0.25, 0.3) is 0 Å². The first-order chi connectivity index (χ1) is 8.99. The van der Waals surface area contributed by atoms with Gasteiger partial charge in [0.2, 0.25) is 0 Å². The largest absolute Gasteiger partial charge is 0.370 e. The second-order valence-corrected chi connectivity index (χ2v) is 5.27. The Labute approximate surface area is 147 Å². The minimum absolute atomic E-state index is 0. The topological polar surface area (TPSA) is 50.4 Å². The summed E-state index contributed by atoms with van der Waals surface area (Å²) in [5, 5.41) is 4.42. The summed E-state index contributed by atoms with van der Waals surface area (Å²) in [5.74, 6) is 0.449. The molecule has 0 aliphatic rings. The van der Waals surface area contributed by atoms with E-state index in [1.165, 1.54) is 0 Å². The molecular weight excluding hydrogens is 408 g/mol. The first-order valence-electron chi connectivity index (χ1n) is 6.11. The third kappa shape index (κ3) is 7.97. The molecule has 1 aromatic carbocycles. The van der Waals surface area contributed by atoms with Crippen molar-refractivity contribution in [3.05, 3.63) is 46.0 Å². The second kappa shape index (κ2) is 10.3. The zero-order valence-electron chi connectivity index (χ0n) is 11.5. The van der Waals surface area contributed by atoms with E-state index in [1.54, 1.807) is 6.07 Å². The molecule has 0 saturated heterocycles. The van der Waals surface area contributed by atoms with Gasteiger partial charge in [0.05, 0.1) is 6.54 Å². The van der Waals surface area contributed by atoms with Crippen LogP contribution < -0.4 is 11.1 Å². The van der Waals surface area contributed by atoms with Gasteiger partial charge in [-0.05, 0) is 37.5 Å². The maximum Gasteiger partial charge on any atom is 0.188 e. The molecule has 1 rings (SSSR count). The third-order valence-corrected chi connectivity index (χ3v) is 3.05. The fraction of sp³-hybridized carbons (Fsp3) is 0.357. The Morgan fingerprint density at radius 2 is 2.10 bits per heavy atom. The predicted molar refractivity (Wildman–Crippen MR) is 99.5 cm³/mol. The molecule has 3 N–H and O–H groups in total. The monoisotopic (exact) mass is 427 g/mol. The quantitative estimate of drug-likeness (QED) is 0.237. The Hall–Kier alpha value is -0.460. The van der Waals surface area contributed by atoms with E-state index >= 15 is 0 Å². The number of aliphatic imine (C=N–C) groups is 1. The number of aryl methyl sites for hydroxylation is 1. The standard InChI is InChI=1S/C14H19Cl2N3.HI/c1-10(2)9-19-14(17)18-7-3-4-11-5-6-12(15)8-13(11)16;/h5-6,8H,1,3-4,7,9H2,2H3,(H3,17,18,19);1H. The van der Waals surface area contributed by atoms with Gasteiger partial charge in [-0.25, -0.2) is 4.99 Å². The first kappa shape index (κ1) is 19.5. The minimum Gasteiger partial charge on any atom is -0.370 e. The minimum atomic E-state index is 0. The zero-order valence-corrected chi connectivity index (χ0v) is 15.3. The average molecular weight is 428 g/mol. The normalized spacial score (nSPS) is 10.8. The summed E-state index contributed by atoms with van der Waals surface area (Å²) >= 11 is 11.9. The van der Waals surface area contributed by atoms with Crippen LogP contribution in [0.3, 0.4) is 0 Å². The number of guanidine groups is 1. The predicted octanol–water partition coefficient (Wildman–Crippen LogP) is 4.02. The molecule has 20 heavy (non-hydrogen) atoms. The number of rotatable bonds is 6. The van der Waals surface area contributed by atoms with Crippen LogP contribution in [0, 0.1) is 0 Å². The summed E-state index contributed by atoms with van der Waals surface area (Å²) in [6.45, 7) is 6.99. The molecule has 0 atom stereocenters. The van der Waals surface area contributed by atoms with Crippen LogP contribution in [0.5, 0.6) is 0 Å². The van der Waals surface area contributed by atoms with Crippen LogP contribution in [0.15, 0.2) is 35.3 Å². The number of halogens is 3. The highest BCUT2D eigenvalue weighted by atomic mass is 127. The molecule has 3 nitrogen and oxygen atoms in total. The molecule has 0 amide bonds. The molecule has 0 aliphatic carbocycles. The van der Waals surface area contributed by atoms with Gasteiger partial charge >= 0.3 is 0 Å². The summed E-state index contributed by atoms with van der Waals surface area (Å²) < 4.78 is 0. The highest BCUT2D eigenvalue weighted by Gasteiger charge is 2.01. The lowest BCUT2D eigenvalue weighted by Crippen LogP contribution is -2.32. The number of benzene rings is 1. The number of nitrogens with zero attached hydrogens (tertiary/aromatic N) is 1. The molecule has 0 aromatic heterocycles. The maximum absolute atomic E-state index is 6.09. The van der Waals surface area contributed by atoms with Gasteiger partial charge in [-0.1, -0.05) is 41.4 Å². The fourth-order valence-electron chi connectivity index (χ4n) is 1.50. The van der Waals surface area contributed by atoms with Crippen molar-refractivity contribution in [3.8, 4) is 0 Å². The molecule has 0 saturated carbocycles. The lowest BCUT2D eigenvalue weighted by atomic mass is 10.1. The van der Waals surface area contributed by atoms with Gasteiger partial charge in [0, 0.05) is 16.6 Å². The number of nitrogens with one attached hydrogen (secondary N) is 1. The molecule has 6 heteroatoms. The third-order valence-electron chi connectivity index (χ3n) is 2.46. The summed E-state index contributed by atoms with van der Waals surface area (Å²) in [6, 6.07) is 5.55. The lowest BCUT2D eigenvalue weighted by Gasteiger charge is -2.07. The van der Waals surface area contributed by atoms with Gasteiger partial charge in [0.15, 0.2) is 5.96 Å². The van der Waals surface area contributed by atoms with Crippen LogP contribution in [-0.2, 0) is 6.42 Å². The van der Waals surface area contributed by atoms with Crippen molar-refractivity contribution in [3.63, 3.8) is 0 Å². The highest BCUT2D eigenvalue weighted by Crippen LogP contribution is 2.21. The van der Waals surface area contributed by atoms with Crippen LogP contribution >= 0.6 is 47.2 Å². The maximum atomic E-state index is 6.09. The molecule has 0 unspecified atom stereocenters. The van der Waals surface area contributed by atoms with Crippen LogP contribution in [0.4, 0.5) is 0 Å². The second-order valence-electron chi connectivity index (χ2n) is 4.42. The first-order valence-corrected chi connectivity index (χ1v) is 6.86. The van der Waals surface area contributed by atoms with E-state index in [2.05, 4.69) is 16.9 Å². The Morgan fingerprint density at radius 3 is 2.70 bits per heavy atom. The van der Waals surface area contributed by atoms with Crippen molar-refractivity contribution in [2.24, 2.45) is 10.7 Å². The van der Waals surface area contributed by atoms with E-state index in [0.717, 1.165) is 30.5 Å². The van der Waals surface area contributed by atoms with E-state index in [4.69, 9.17) is 28.9 Å².